The summed E-state index contributed by atoms with van der Waals surface area (Å²) < 4.78 is 4.77. The third kappa shape index (κ3) is 4.48. The molecule has 24 heavy (non-hydrogen) atoms. The summed E-state index contributed by atoms with van der Waals surface area (Å²) in [5, 5.41) is 0. The van der Waals surface area contributed by atoms with Gasteiger partial charge in [0.15, 0.2) is 0 Å². The van der Waals surface area contributed by atoms with E-state index in [-0.39, 0.29) is 15.2 Å². The third-order valence-electron chi connectivity index (χ3n) is 3.77. The fourth-order valence-corrected chi connectivity index (χ4v) is 3.56. The number of para-hydroxylation sites is 1. The predicted molar refractivity (Wildman–Crippen MR) is 103 cm³/mol. The van der Waals surface area contributed by atoms with Crippen LogP contribution in [0.5, 0.6) is 0 Å². The molecule has 0 N–H and O–H groups in total. The van der Waals surface area contributed by atoms with Gasteiger partial charge >= 0.3 is 150 Å². The SMILES string of the molecule is CC(C)c1cccc(C(C)C)c1N=Cc1ccccc1[Se]N=[N+]=[N-]. The van der Waals surface area contributed by atoms with Crippen LogP contribution >= 0.6 is 0 Å². The Labute approximate surface area is 150 Å². The van der Waals surface area contributed by atoms with Crippen LogP contribution in [0.3, 0.4) is 0 Å². The van der Waals surface area contributed by atoms with Gasteiger partial charge in [0.2, 0.25) is 0 Å². The molecule has 0 aromatic heterocycles. The molecule has 2 aromatic carbocycles. The average Bonchev–Trinajstić information content (AvgIpc) is 2.58. The van der Waals surface area contributed by atoms with E-state index in [1.807, 2.05) is 30.5 Å². The summed E-state index contributed by atoms with van der Waals surface area (Å²) in [6.07, 6.45) is 1.90. The Hall–Kier alpha value is -2.06. The van der Waals surface area contributed by atoms with Crippen molar-refractivity contribution in [2.24, 2.45) is 9.12 Å². The first-order valence-corrected chi connectivity index (χ1v) is 9.64. The number of rotatable bonds is 6. The monoisotopic (exact) mass is 386 g/mol. The number of hydrogen-bond acceptors (Lipinski definition) is 2. The topological polar surface area (TPSA) is 61.1 Å². The normalized spacial score (nSPS) is 11.2. The predicted octanol–water partition coefficient (Wildman–Crippen LogP) is 5.24. The van der Waals surface area contributed by atoms with Crippen molar-refractivity contribution >= 4 is 31.5 Å². The van der Waals surface area contributed by atoms with Gasteiger partial charge in [-0.05, 0) is 0 Å². The van der Waals surface area contributed by atoms with Crippen LogP contribution in [0.2, 0.25) is 0 Å². The summed E-state index contributed by atoms with van der Waals surface area (Å²) in [5.41, 5.74) is 13.2. The number of hydrogen-bond donors (Lipinski definition) is 0. The van der Waals surface area contributed by atoms with Gasteiger partial charge in [-0.3, -0.25) is 0 Å². The molecule has 0 saturated heterocycles. The van der Waals surface area contributed by atoms with Crippen LogP contribution in [0.25, 0.3) is 10.4 Å². The summed E-state index contributed by atoms with van der Waals surface area (Å²) in [6, 6.07) is 14.4. The maximum atomic E-state index is 8.56. The van der Waals surface area contributed by atoms with Crippen molar-refractivity contribution in [3.05, 3.63) is 69.6 Å². The number of aliphatic imine (C=N–C) groups is 1. The first-order chi connectivity index (χ1) is 11.5. The number of azide groups is 1. The number of benzene rings is 2. The summed E-state index contributed by atoms with van der Waals surface area (Å²) in [6.45, 7) is 8.77. The van der Waals surface area contributed by atoms with Crippen molar-refractivity contribution < 1.29 is 0 Å². The maximum absolute atomic E-state index is 8.56. The molecule has 0 aliphatic carbocycles. The summed E-state index contributed by atoms with van der Waals surface area (Å²) in [5.74, 6) is 0.831. The van der Waals surface area contributed by atoms with Gasteiger partial charge in [0.05, 0.1) is 0 Å². The molecule has 0 aliphatic heterocycles. The van der Waals surface area contributed by atoms with Gasteiger partial charge in [0.25, 0.3) is 0 Å². The first kappa shape index (κ1) is 18.3. The van der Waals surface area contributed by atoms with Gasteiger partial charge in [-0.25, -0.2) is 0 Å². The summed E-state index contributed by atoms with van der Waals surface area (Å²) >= 11 is -0.254. The van der Waals surface area contributed by atoms with Crippen molar-refractivity contribution in [3.8, 4) is 0 Å². The van der Waals surface area contributed by atoms with Gasteiger partial charge in [0.1, 0.15) is 0 Å². The molecule has 0 saturated carbocycles. The fraction of sp³-hybridized carbons (Fsp3) is 0.316. The van der Waals surface area contributed by atoms with E-state index < -0.39 is 0 Å². The average molecular weight is 385 g/mol. The molecule has 0 amide bonds. The van der Waals surface area contributed by atoms with E-state index in [0.717, 1.165) is 15.7 Å². The first-order valence-electron chi connectivity index (χ1n) is 8.02. The Morgan fingerprint density at radius 3 is 2.17 bits per heavy atom. The molecule has 0 fully saturated rings. The Balaban J connectivity index is 2.48. The summed E-state index contributed by atoms with van der Waals surface area (Å²) in [7, 11) is 0. The molecular formula is C19H22N4Se. The van der Waals surface area contributed by atoms with Gasteiger partial charge in [0, 0.05) is 0 Å². The van der Waals surface area contributed by atoms with Crippen molar-refractivity contribution in [1.29, 1.82) is 0 Å². The van der Waals surface area contributed by atoms with E-state index in [2.05, 4.69) is 54.9 Å². The molecule has 0 heterocycles. The van der Waals surface area contributed by atoms with E-state index in [0.29, 0.717) is 11.8 Å². The van der Waals surface area contributed by atoms with E-state index in [1.54, 1.807) is 0 Å². The summed E-state index contributed by atoms with van der Waals surface area (Å²) in [4.78, 5) is 7.71. The van der Waals surface area contributed by atoms with E-state index in [1.165, 1.54) is 11.1 Å². The van der Waals surface area contributed by atoms with E-state index in [9.17, 15) is 0 Å². The zero-order valence-corrected chi connectivity index (χ0v) is 16.2. The van der Waals surface area contributed by atoms with Gasteiger partial charge in [-0.2, -0.15) is 0 Å². The van der Waals surface area contributed by atoms with Gasteiger partial charge in [-0.1, -0.05) is 0 Å². The second-order valence-corrected chi connectivity index (χ2v) is 7.80. The van der Waals surface area contributed by atoms with Crippen molar-refractivity contribution in [1.82, 2.24) is 0 Å². The Morgan fingerprint density at radius 1 is 0.958 bits per heavy atom. The number of nitrogens with zero attached hydrogens (tertiary/aromatic N) is 4. The van der Waals surface area contributed by atoms with Crippen molar-refractivity contribution in [2.75, 3.05) is 0 Å². The molecule has 0 aliphatic rings. The molecule has 0 spiro atoms. The van der Waals surface area contributed by atoms with Gasteiger partial charge in [-0.15, -0.1) is 0 Å². The van der Waals surface area contributed by atoms with Crippen LogP contribution in [-0.2, 0) is 0 Å². The molecular weight excluding hydrogens is 363 g/mol. The van der Waals surface area contributed by atoms with Crippen LogP contribution in [0, 0.1) is 0 Å². The van der Waals surface area contributed by atoms with Crippen LogP contribution in [0.15, 0.2) is 51.6 Å². The zero-order chi connectivity index (χ0) is 17.5. The molecule has 2 rings (SSSR count). The molecule has 0 unspecified atom stereocenters. The van der Waals surface area contributed by atoms with Crippen LogP contribution in [0.1, 0.15) is 56.2 Å². The Kier molecular flexibility index (Phi) is 6.62. The fourth-order valence-electron chi connectivity index (χ4n) is 2.53. The molecule has 124 valence electrons. The standard InChI is InChI=1S/C19H22N4Se/c1-13(2)16-9-7-10-17(14(3)4)19(16)21-12-15-8-5-6-11-18(15)24-23-22-20/h5-14H,1-4H3. The quantitative estimate of drug-likeness (QED) is 0.215. The molecule has 0 radical (unpaired) electrons. The molecule has 2 aromatic rings. The van der Waals surface area contributed by atoms with Crippen LogP contribution in [0.4, 0.5) is 5.69 Å². The van der Waals surface area contributed by atoms with Crippen LogP contribution in [-0.4, -0.2) is 21.4 Å². The minimum atomic E-state index is -0.254. The zero-order valence-electron chi connectivity index (χ0n) is 14.5. The molecule has 5 heteroatoms. The molecule has 0 atom stereocenters. The van der Waals surface area contributed by atoms with Crippen molar-refractivity contribution in [2.45, 2.75) is 39.5 Å². The minimum absolute atomic E-state index is 0.254. The Bertz CT molecular complexity index is 748. The molecule has 0 bridgehead atoms. The van der Waals surface area contributed by atoms with E-state index in [4.69, 9.17) is 10.5 Å². The van der Waals surface area contributed by atoms with Crippen LogP contribution < -0.4 is 4.46 Å². The van der Waals surface area contributed by atoms with Gasteiger partial charge < -0.3 is 0 Å². The van der Waals surface area contributed by atoms with Crippen molar-refractivity contribution in [3.63, 3.8) is 0 Å². The third-order valence-corrected chi connectivity index (χ3v) is 5.29. The van der Waals surface area contributed by atoms with E-state index >= 15 is 0 Å². The molecule has 4 nitrogen and oxygen atoms in total. The second kappa shape index (κ2) is 8.70. The Morgan fingerprint density at radius 2 is 1.58 bits per heavy atom. The second-order valence-electron chi connectivity index (χ2n) is 6.15.